The highest BCUT2D eigenvalue weighted by molar-refractivity contribution is 5.93. The Labute approximate surface area is 182 Å². The highest BCUT2D eigenvalue weighted by atomic mass is 16.4. The Balaban J connectivity index is 5.48. The molecule has 12 nitrogen and oxygen atoms in total. The number of nitrogens with one attached hydrogen (secondary N) is 3. The van der Waals surface area contributed by atoms with E-state index in [-0.39, 0.29) is 37.3 Å². The molecule has 4 unspecified atom stereocenters. The van der Waals surface area contributed by atoms with Gasteiger partial charge in [0, 0.05) is 6.54 Å². The normalized spacial score (nSPS) is 14.6. The number of hydrogen-bond donors (Lipinski definition) is 7. The maximum atomic E-state index is 12.8. The summed E-state index contributed by atoms with van der Waals surface area (Å²) in [6.45, 7) is 6.94. The van der Waals surface area contributed by atoms with Crippen LogP contribution in [0.2, 0.25) is 0 Å². The maximum Gasteiger partial charge on any atom is 0.326 e. The number of carboxylic acid groups (broad SMARTS) is 1. The summed E-state index contributed by atoms with van der Waals surface area (Å²) in [6, 6.07) is -3.05. The summed E-state index contributed by atoms with van der Waals surface area (Å²) in [6.07, 6.45) is 1.06. The fourth-order valence-corrected chi connectivity index (χ4v) is 2.74. The molecule has 0 aliphatic carbocycles. The van der Waals surface area contributed by atoms with Gasteiger partial charge in [0.05, 0.1) is 6.54 Å². The molecule has 178 valence electrons. The molecular formula is C19H37N7O5. The Morgan fingerprint density at radius 3 is 2.03 bits per heavy atom. The van der Waals surface area contributed by atoms with Gasteiger partial charge in [-0.25, -0.2) is 4.79 Å². The fraction of sp³-hybridized carbons (Fsp3) is 0.737. The zero-order valence-corrected chi connectivity index (χ0v) is 18.7. The van der Waals surface area contributed by atoms with Gasteiger partial charge in [-0.1, -0.05) is 34.1 Å². The number of nitrogens with zero attached hydrogens (tertiary/aromatic N) is 1. The van der Waals surface area contributed by atoms with Crippen molar-refractivity contribution in [3.8, 4) is 0 Å². The molecule has 0 aromatic rings. The highest BCUT2D eigenvalue weighted by Crippen LogP contribution is 2.10. The number of carbonyl (C=O) groups is 4. The standard InChI is InChI=1S/C19H37N7O5/c1-5-11(4)15(18(30)31)26-16(28)12(7-6-8-23-19(21)22)24-17(29)14(10(2)3)25-13(27)9-20/h10-12,14-15H,5-9,20H2,1-4H3,(H,24,29)(H,25,27)(H,26,28)(H,30,31)(H4,21,22,23). The van der Waals surface area contributed by atoms with E-state index >= 15 is 0 Å². The molecule has 0 aromatic heterocycles. The van der Waals surface area contributed by atoms with E-state index in [0.29, 0.717) is 12.8 Å². The number of guanidine groups is 1. The molecular weight excluding hydrogens is 406 g/mol. The van der Waals surface area contributed by atoms with Gasteiger partial charge in [0.15, 0.2) is 5.96 Å². The van der Waals surface area contributed by atoms with E-state index in [9.17, 15) is 24.3 Å². The van der Waals surface area contributed by atoms with Gasteiger partial charge in [-0.15, -0.1) is 0 Å². The smallest absolute Gasteiger partial charge is 0.326 e. The van der Waals surface area contributed by atoms with Crippen LogP contribution in [0.25, 0.3) is 0 Å². The second-order valence-corrected chi connectivity index (χ2v) is 7.71. The second-order valence-electron chi connectivity index (χ2n) is 7.71. The lowest BCUT2D eigenvalue weighted by Gasteiger charge is -2.27. The van der Waals surface area contributed by atoms with Crippen LogP contribution in [-0.4, -0.2) is 66.0 Å². The molecule has 0 fully saturated rings. The van der Waals surface area contributed by atoms with Crippen LogP contribution in [-0.2, 0) is 19.2 Å². The fourth-order valence-electron chi connectivity index (χ4n) is 2.74. The number of nitrogens with two attached hydrogens (primary N) is 3. The predicted molar refractivity (Wildman–Crippen MR) is 117 cm³/mol. The summed E-state index contributed by atoms with van der Waals surface area (Å²) >= 11 is 0. The molecule has 0 heterocycles. The number of aliphatic carboxylic acids is 1. The van der Waals surface area contributed by atoms with Crippen LogP contribution in [0.4, 0.5) is 0 Å². The summed E-state index contributed by atoms with van der Waals surface area (Å²) in [4.78, 5) is 52.7. The number of amides is 3. The average Bonchev–Trinajstić information content (AvgIpc) is 2.70. The number of carboxylic acids is 1. The molecule has 0 spiro atoms. The van der Waals surface area contributed by atoms with Crippen LogP contribution in [0.1, 0.15) is 47.0 Å². The third-order valence-corrected chi connectivity index (χ3v) is 4.81. The van der Waals surface area contributed by atoms with Crippen molar-refractivity contribution in [1.82, 2.24) is 16.0 Å². The number of carbonyl (C=O) groups excluding carboxylic acids is 3. The van der Waals surface area contributed by atoms with Crippen molar-refractivity contribution in [1.29, 1.82) is 0 Å². The Morgan fingerprint density at radius 1 is 0.968 bits per heavy atom. The Hall–Kier alpha value is -2.89. The summed E-state index contributed by atoms with van der Waals surface area (Å²) in [5.41, 5.74) is 15.9. The van der Waals surface area contributed by atoms with Crippen LogP contribution >= 0.6 is 0 Å². The zero-order chi connectivity index (χ0) is 24.1. The topological polar surface area (TPSA) is 215 Å². The average molecular weight is 444 g/mol. The van der Waals surface area contributed by atoms with Gasteiger partial charge < -0.3 is 38.3 Å². The first-order valence-electron chi connectivity index (χ1n) is 10.3. The first-order valence-corrected chi connectivity index (χ1v) is 10.3. The quantitative estimate of drug-likeness (QED) is 0.0924. The second kappa shape index (κ2) is 14.2. The third kappa shape index (κ3) is 10.6. The van der Waals surface area contributed by atoms with Crippen molar-refractivity contribution in [2.75, 3.05) is 13.1 Å². The number of hydrogen-bond acceptors (Lipinski definition) is 6. The molecule has 0 saturated heterocycles. The van der Waals surface area contributed by atoms with E-state index in [1.54, 1.807) is 20.8 Å². The van der Waals surface area contributed by atoms with E-state index in [4.69, 9.17) is 17.2 Å². The van der Waals surface area contributed by atoms with E-state index in [0.717, 1.165) is 0 Å². The van der Waals surface area contributed by atoms with Crippen molar-refractivity contribution in [2.24, 2.45) is 34.0 Å². The molecule has 0 aliphatic heterocycles. The molecule has 4 atom stereocenters. The molecule has 31 heavy (non-hydrogen) atoms. The van der Waals surface area contributed by atoms with Crippen LogP contribution < -0.4 is 33.2 Å². The molecule has 0 aliphatic rings. The lowest BCUT2D eigenvalue weighted by molar-refractivity contribution is -0.144. The Morgan fingerprint density at radius 2 is 1.58 bits per heavy atom. The van der Waals surface area contributed by atoms with Gasteiger partial charge in [0.1, 0.15) is 18.1 Å². The van der Waals surface area contributed by atoms with Gasteiger partial charge in [-0.2, -0.15) is 0 Å². The van der Waals surface area contributed by atoms with Crippen LogP contribution in [0, 0.1) is 11.8 Å². The van der Waals surface area contributed by atoms with Crippen molar-refractivity contribution >= 4 is 29.7 Å². The SMILES string of the molecule is CCC(C)C(NC(=O)C(CCCN=C(N)N)NC(=O)C(NC(=O)CN)C(C)C)C(=O)O. The molecule has 0 radical (unpaired) electrons. The van der Waals surface area contributed by atoms with E-state index < -0.39 is 41.8 Å². The molecule has 10 N–H and O–H groups in total. The number of rotatable bonds is 14. The van der Waals surface area contributed by atoms with Gasteiger partial charge in [-0.05, 0) is 24.7 Å². The maximum absolute atomic E-state index is 12.8. The van der Waals surface area contributed by atoms with Crippen molar-refractivity contribution in [2.45, 2.75) is 65.1 Å². The summed E-state index contributed by atoms with van der Waals surface area (Å²) in [5, 5.41) is 17.1. The van der Waals surface area contributed by atoms with Gasteiger partial charge >= 0.3 is 5.97 Å². The lowest BCUT2D eigenvalue weighted by Crippen LogP contribution is -2.58. The first-order chi connectivity index (χ1) is 14.4. The van der Waals surface area contributed by atoms with Crippen molar-refractivity contribution in [3.63, 3.8) is 0 Å². The predicted octanol–water partition coefficient (Wildman–Crippen LogP) is -1.76. The summed E-state index contributed by atoms with van der Waals surface area (Å²) < 4.78 is 0. The minimum Gasteiger partial charge on any atom is -0.480 e. The molecule has 0 saturated carbocycles. The van der Waals surface area contributed by atoms with E-state index in [2.05, 4.69) is 20.9 Å². The molecule has 12 heteroatoms. The lowest BCUT2D eigenvalue weighted by atomic mass is 9.98. The van der Waals surface area contributed by atoms with Crippen LogP contribution in [0.15, 0.2) is 4.99 Å². The first kappa shape index (κ1) is 28.1. The van der Waals surface area contributed by atoms with Gasteiger partial charge in [0.25, 0.3) is 0 Å². The minimum atomic E-state index is -1.16. The van der Waals surface area contributed by atoms with Crippen LogP contribution in [0.3, 0.4) is 0 Å². The van der Waals surface area contributed by atoms with Gasteiger partial charge in [0.2, 0.25) is 17.7 Å². The molecule has 0 aromatic carbocycles. The third-order valence-electron chi connectivity index (χ3n) is 4.81. The Kier molecular flexibility index (Phi) is 12.9. The van der Waals surface area contributed by atoms with E-state index in [1.165, 1.54) is 0 Å². The largest absolute Gasteiger partial charge is 0.480 e. The zero-order valence-electron chi connectivity index (χ0n) is 18.7. The van der Waals surface area contributed by atoms with Crippen molar-refractivity contribution < 1.29 is 24.3 Å². The molecule has 0 bridgehead atoms. The minimum absolute atomic E-state index is 0.0999. The molecule has 3 amide bonds. The van der Waals surface area contributed by atoms with E-state index in [1.807, 2.05) is 6.92 Å². The summed E-state index contributed by atoms with van der Waals surface area (Å²) in [7, 11) is 0. The van der Waals surface area contributed by atoms with Crippen molar-refractivity contribution in [3.05, 3.63) is 0 Å². The monoisotopic (exact) mass is 443 g/mol. The van der Waals surface area contributed by atoms with Crippen LogP contribution in [0.5, 0.6) is 0 Å². The highest BCUT2D eigenvalue weighted by Gasteiger charge is 2.32. The summed E-state index contributed by atoms with van der Waals surface area (Å²) in [5.74, 6) is -3.57. The number of aliphatic imine (C=N–C) groups is 1. The molecule has 0 rings (SSSR count). The van der Waals surface area contributed by atoms with Gasteiger partial charge in [-0.3, -0.25) is 19.4 Å². The Bertz CT molecular complexity index is 650.